The van der Waals surface area contributed by atoms with Crippen molar-refractivity contribution in [2.75, 3.05) is 0 Å². The van der Waals surface area contributed by atoms with Crippen molar-refractivity contribution in [3.05, 3.63) is 33.8 Å². The third-order valence-electron chi connectivity index (χ3n) is 3.35. The van der Waals surface area contributed by atoms with Crippen molar-refractivity contribution in [2.45, 2.75) is 37.5 Å². The van der Waals surface area contributed by atoms with Crippen LogP contribution in [-0.4, -0.2) is 5.38 Å². The summed E-state index contributed by atoms with van der Waals surface area (Å²) in [4.78, 5) is 0. The first-order chi connectivity index (χ1) is 8.08. The number of halogens is 4. The molecule has 1 aromatic carbocycles. The van der Waals surface area contributed by atoms with Crippen LogP contribution in [0.1, 0.15) is 31.2 Å². The van der Waals surface area contributed by atoms with Crippen molar-refractivity contribution in [1.82, 2.24) is 0 Å². The highest BCUT2D eigenvalue weighted by Crippen LogP contribution is 2.32. The monoisotopic (exact) mass is 322 g/mol. The first-order valence-corrected chi connectivity index (χ1v) is 7.07. The van der Waals surface area contributed by atoms with E-state index in [-0.39, 0.29) is 10.9 Å². The minimum atomic E-state index is -0.471. The Morgan fingerprint density at radius 3 is 2.76 bits per heavy atom. The van der Waals surface area contributed by atoms with Gasteiger partial charge in [0.05, 0.1) is 4.47 Å². The van der Waals surface area contributed by atoms with Gasteiger partial charge in [-0.2, -0.15) is 0 Å². The Morgan fingerprint density at radius 2 is 2.06 bits per heavy atom. The molecule has 0 aromatic heterocycles. The maximum absolute atomic E-state index is 13.8. The van der Waals surface area contributed by atoms with Crippen LogP contribution in [0.25, 0.3) is 0 Å². The molecule has 1 aliphatic rings. The summed E-state index contributed by atoms with van der Waals surface area (Å²) in [5, 5.41) is 0.159. The molecule has 0 nitrogen and oxygen atoms in total. The normalized spacial score (nSPS) is 24.9. The van der Waals surface area contributed by atoms with Gasteiger partial charge >= 0.3 is 0 Å². The lowest BCUT2D eigenvalue weighted by Gasteiger charge is -2.25. The van der Waals surface area contributed by atoms with Crippen LogP contribution in [-0.2, 0) is 6.42 Å². The Morgan fingerprint density at radius 1 is 1.29 bits per heavy atom. The van der Waals surface area contributed by atoms with E-state index in [1.54, 1.807) is 0 Å². The van der Waals surface area contributed by atoms with Crippen molar-refractivity contribution in [1.29, 1.82) is 0 Å². The molecule has 0 radical (unpaired) electrons. The quantitative estimate of drug-likeness (QED) is 0.527. The molecule has 94 valence electrons. The van der Waals surface area contributed by atoms with Gasteiger partial charge < -0.3 is 0 Å². The van der Waals surface area contributed by atoms with Gasteiger partial charge in [0.1, 0.15) is 11.6 Å². The Kier molecular flexibility index (Phi) is 4.42. The fourth-order valence-electron chi connectivity index (χ4n) is 2.46. The highest BCUT2D eigenvalue weighted by molar-refractivity contribution is 9.10. The molecule has 0 spiro atoms. The average molecular weight is 324 g/mol. The average Bonchev–Trinajstić information content (AvgIpc) is 2.30. The van der Waals surface area contributed by atoms with E-state index in [1.807, 2.05) is 0 Å². The topological polar surface area (TPSA) is 0 Å². The number of alkyl halides is 1. The highest BCUT2D eigenvalue weighted by atomic mass is 79.9. The maximum atomic E-state index is 13.8. The lowest BCUT2D eigenvalue weighted by molar-refractivity contribution is 0.352. The zero-order valence-electron chi connectivity index (χ0n) is 9.36. The molecule has 0 saturated heterocycles. The van der Waals surface area contributed by atoms with Crippen molar-refractivity contribution < 1.29 is 8.78 Å². The van der Waals surface area contributed by atoms with Gasteiger partial charge in [-0.25, -0.2) is 8.78 Å². The molecule has 4 heteroatoms. The number of benzene rings is 1. The summed E-state index contributed by atoms with van der Waals surface area (Å²) in [6, 6.07) is 2.71. The van der Waals surface area contributed by atoms with E-state index in [0.29, 0.717) is 16.8 Å². The molecule has 2 rings (SSSR count). The predicted octanol–water partition coefficient (Wildman–Crippen LogP) is 5.07. The van der Waals surface area contributed by atoms with E-state index < -0.39 is 11.6 Å². The summed E-state index contributed by atoms with van der Waals surface area (Å²) in [7, 11) is 0. The summed E-state index contributed by atoms with van der Waals surface area (Å²) in [5.74, 6) is -0.631. The van der Waals surface area contributed by atoms with Crippen LogP contribution in [0.15, 0.2) is 16.6 Å². The van der Waals surface area contributed by atoms with Gasteiger partial charge in [-0.15, -0.1) is 11.6 Å². The smallest absolute Gasteiger partial charge is 0.143 e. The molecule has 1 fully saturated rings. The molecule has 0 N–H and O–H groups in total. The summed E-state index contributed by atoms with van der Waals surface area (Å²) < 4.78 is 27.7. The molecule has 1 aliphatic carbocycles. The molecule has 0 aliphatic heterocycles. The molecule has 0 heterocycles. The van der Waals surface area contributed by atoms with Crippen LogP contribution >= 0.6 is 27.5 Å². The minimum Gasteiger partial charge on any atom is -0.207 e. The summed E-state index contributed by atoms with van der Waals surface area (Å²) in [6.45, 7) is 0. The van der Waals surface area contributed by atoms with Crippen molar-refractivity contribution in [3.8, 4) is 0 Å². The van der Waals surface area contributed by atoms with Crippen LogP contribution in [0.5, 0.6) is 0 Å². The highest BCUT2D eigenvalue weighted by Gasteiger charge is 2.23. The van der Waals surface area contributed by atoms with E-state index in [0.717, 1.165) is 25.7 Å². The summed E-state index contributed by atoms with van der Waals surface area (Å²) >= 11 is 9.18. The number of hydrogen-bond acceptors (Lipinski definition) is 0. The minimum absolute atomic E-state index is 0.159. The second kappa shape index (κ2) is 5.66. The van der Waals surface area contributed by atoms with E-state index in [1.165, 1.54) is 12.1 Å². The van der Waals surface area contributed by atoms with E-state index >= 15 is 0 Å². The summed E-state index contributed by atoms with van der Waals surface area (Å²) in [5.41, 5.74) is 0.190. The maximum Gasteiger partial charge on any atom is 0.143 e. The van der Waals surface area contributed by atoms with Crippen LogP contribution in [0.4, 0.5) is 8.78 Å². The lowest BCUT2D eigenvalue weighted by Crippen LogP contribution is -2.18. The van der Waals surface area contributed by atoms with Crippen LogP contribution in [0.2, 0.25) is 0 Å². The Hall–Kier alpha value is -0.150. The van der Waals surface area contributed by atoms with Crippen LogP contribution < -0.4 is 0 Å². The van der Waals surface area contributed by atoms with Crippen molar-refractivity contribution in [2.24, 2.45) is 5.92 Å². The molecule has 1 saturated carbocycles. The summed E-state index contributed by atoms with van der Waals surface area (Å²) in [6.07, 6.45) is 4.37. The van der Waals surface area contributed by atoms with Crippen LogP contribution in [0, 0.1) is 17.6 Å². The Labute approximate surface area is 113 Å². The molecule has 0 amide bonds. The van der Waals surface area contributed by atoms with Crippen molar-refractivity contribution >= 4 is 27.5 Å². The second-order valence-electron chi connectivity index (χ2n) is 4.66. The molecular weight excluding hydrogens is 309 g/mol. The predicted molar refractivity (Wildman–Crippen MR) is 69.4 cm³/mol. The van der Waals surface area contributed by atoms with Gasteiger partial charge in [-0.05, 0) is 53.2 Å². The van der Waals surface area contributed by atoms with Crippen LogP contribution in [0.3, 0.4) is 0 Å². The standard InChI is InChI=1S/C13H14BrClF2/c14-11-4-5-12(16)10(13(11)17)7-8-2-1-3-9(15)6-8/h4-5,8-9H,1-3,6-7H2. The zero-order chi connectivity index (χ0) is 12.4. The van der Waals surface area contributed by atoms with E-state index in [4.69, 9.17) is 11.6 Å². The first-order valence-electron chi connectivity index (χ1n) is 5.84. The lowest BCUT2D eigenvalue weighted by atomic mass is 9.84. The van der Waals surface area contributed by atoms with Gasteiger partial charge in [-0.3, -0.25) is 0 Å². The molecule has 2 atom stereocenters. The van der Waals surface area contributed by atoms with Gasteiger partial charge in [0.15, 0.2) is 0 Å². The second-order valence-corrected chi connectivity index (χ2v) is 6.13. The molecule has 2 unspecified atom stereocenters. The van der Waals surface area contributed by atoms with Gasteiger partial charge in [0.2, 0.25) is 0 Å². The fraction of sp³-hybridized carbons (Fsp3) is 0.538. The molecular formula is C13H14BrClF2. The van der Waals surface area contributed by atoms with Gasteiger partial charge in [0, 0.05) is 10.9 Å². The van der Waals surface area contributed by atoms with Gasteiger partial charge in [-0.1, -0.05) is 12.8 Å². The molecule has 0 bridgehead atoms. The zero-order valence-corrected chi connectivity index (χ0v) is 11.7. The van der Waals surface area contributed by atoms with Gasteiger partial charge in [0.25, 0.3) is 0 Å². The molecule has 1 aromatic rings. The SMILES string of the molecule is Fc1ccc(Br)c(F)c1CC1CCCC(Cl)C1. The van der Waals surface area contributed by atoms with Crippen molar-refractivity contribution in [3.63, 3.8) is 0 Å². The van der Waals surface area contributed by atoms with E-state index in [2.05, 4.69) is 15.9 Å². The van der Waals surface area contributed by atoms with E-state index in [9.17, 15) is 8.78 Å². The third kappa shape index (κ3) is 3.19. The largest absolute Gasteiger partial charge is 0.207 e. The number of rotatable bonds is 2. The Bertz CT molecular complexity index is 409. The number of hydrogen-bond donors (Lipinski definition) is 0. The fourth-order valence-corrected chi connectivity index (χ4v) is 3.23. The molecule has 17 heavy (non-hydrogen) atoms. The third-order valence-corrected chi connectivity index (χ3v) is 4.36. The Balaban J connectivity index is 2.15. The first kappa shape index (κ1) is 13.3.